The van der Waals surface area contributed by atoms with Crippen LogP contribution in [0.5, 0.6) is 11.6 Å². The van der Waals surface area contributed by atoms with Crippen LogP contribution >= 0.6 is 0 Å². The smallest absolute Gasteiger partial charge is 0.226 e. The van der Waals surface area contributed by atoms with Crippen molar-refractivity contribution < 1.29 is 14.6 Å². The van der Waals surface area contributed by atoms with Crippen LogP contribution in [-0.4, -0.2) is 59.4 Å². The van der Waals surface area contributed by atoms with Gasteiger partial charge in [0.1, 0.15) is 12.4 Å². The molecule has 0 atom stereocenters. The van der Waals surface area contributed by atoms with Gasteiger partial charge in [0, 0.05) is 19.6 Å². The zero-order valence-electron chi connectivity index (χ0n) is 15.0. The molecule has 7 heteroatoms. The Balaban J connectivity index is 1.58. The third-order valence-electron chi connectivity index (χ3n) is 4.63. The highest BCUT2D eigenvalue weighted by atomic mass is 16.5. The van der Waals surface area contributed by atoms with Gasteiger partial charge in [-0.1, -0.05) is 18.2 Å². The van der Waals surface area contributed by atoms with Gasteiger partial charge in [0.2, 0.25) is 11.8 Å². The lowest BCUT2D eigenvalue weighted by Crippen LogP contribution is -2.38. The Labute approximate surface area is 157 Å². The lowest BCUT2D eigenvalue weighted by Gasteiger charge is -2.26. The van der Waals surface area contributed by atoms with Crippen LogP contribution in [0.4, 0.5) is 5.95 Å². The highest BCUT2D eigenvalue weighted by Crippen LogP contribution is 2.29. The molecule has 1 fully saturated rings. The Hall–Kier alpha value is -2.90. The minimum absolute atomic E-state index is 0.196. The van der Waals surface area contributed by atoms with Gasteiger partial charge in [0.25, 0.3) is 0 Å². The van der Waals surface area contributed by atoms with Crippen molar-refractivity contribution in [3.8, 4) is 22.8 Å². The molecular formula is C20H22N4O3. The van der Waals surface area contributed by atoms with Gasteiger partial charge in [-0.05, 0) is 35.4 Å². The highest BCUT2D eigenvalue weighted by molar-refractivity contribution is 5.89. The van der Waals surface area contributed by atoms with Crippen LogP contribution in [-0.2, 0) is 4.74 Å². The number of rotatable bonds is 5. The molecule has 0 aliphatic carbocycles. The van der Waals surface area contributed by atoms with E-state index in [4.69, 9.17) is 15.2 Å². The van der Waals surface area contributed by atoms with Gasteiger partial charge in [0.15, 0.2) is 0 Å². The van der Waals surface area contributed by atoms with Crippen molar-refractivity contribution >= 4 is 16.9 Å². The molecule has 27 heavy (non-hydrogen) atoms. The number of fused-ring (bicyclic) bond motifs is 1. The number of nitrogens with zero attached hydrogens (tertiary/aromatic N) is 3. The summed E-state index contributed by atoms with van der Waals surface area (Å²) in [7, 11) is 0. The number of phenols is 1. The molecule has 7 nitrogen and oxygen atoms in total. The normalized spacial score (nSPS) is 15.1. The lowest BCUT2D eigenvalue weighted by molar-refractivity contribution is 0.0321. The second-order valence-electron chi connectivity index (χ2n) is 6.47. The van der Waals surface area contributed by atoms with E-state index >= 15 is 0 Å². The lowest BCUT2D eigenvalue weighted by atomic mass is 10.0. The molecule has 0 amide bonds. The van der Waals surface area contributed by atoms with E-state index in [1.165, 1.54) is 0 Å². The number of aromatic hydroxyl groups is 1. The Bertz CT molecular complexity index is 924. The third-order valence-corrected chi connectivity index (χ3v) is 4.63. The van der Waals surface area contributed by atoms with Gasteiger partial charge < -0.3 is 20.3 Å². The average Bonchev–Trinajstić information content (AvgIpc) is 2.69. The van der Waals surface area contributed by atoms with Crippen LogP contribution in [0, 0.1) is 0 Å². The number of phenolic OH excluding ortho intramolecular Hbond substituents is 1. The largest absolute Gasteiger partial charge is 0.508 e. The maximum absolute atomic E-state index is 9.49. The molecule has 4 rings (SSSR count). The van der Waals surface area contributed by atoms with Crippen molar-refractivity contribution in [2.24, 2.45) is 0 Å². The first-order valence-electron chi connectivity index (χ1n) is 8.98. The summed E-state index contributed by atoms with van der Waals surface area (Å²) in [6.07, 6.45) is 0. The first-order chi connectivity index (χ1) is 13.2. The fourth-order valence-corrected chi connectivity index (χ4v) is 3.16. The number of morpholine rings is 1. The molecule has 0 saturated carbocycles. The van der Waals surface area contributed by atoms with Crippen LogP contribution in [0.3, 0.4) is 0 Å². The van der Waals surface area contributed by atoms with E-state index in [9.17, 15) is 5.11 Å². The molecular weight excluding hydrogens is 344 g/mol. The summed E-state index contributed by atoms with van der Waals surface area (Å²) >= 11 is 0. The summed E-state index contributed by atoms with van der Waals surface area (Å²) in [5.41, 5.74) is 8.58. The van der Waals surface area contributed by atoms with E-state index < -0.39 is 0 Å². The number of hydrogen-bond donors (Lipinski definition) is 2. The van der Waals surface area contributed by atoms with Crippen LogP contribution in [0.1, 0.15) is 0 Å². The second kappa shape index (κ2) is 7.77. The first kappa shape index (κ1) is 17.5. The predicted octanol–water partition coefficient (Wildman–Crippen LogP) is 2.30. The SMILES string of the molecule is Nc1nc(OCCN2CCOCC2)c2cc(-c3ccc(O)cc3)ccc2n1. The van der Waals surface area contributed by atoms with Crippen molar-refractivity contribution in [2.45, 2.75) is 0 Å². The summed E-state index contributed by atoms with van der Waals surface area (Å²) < 4.78 is 11.3. The number of ether oxygens (including phenoxy) is 2. The summed E-state index contributed by atoms with van der Waals surface area (Å²) in [5.74, 6) is 0.926. The van der Waals surface area contributed by atoms with Gasteiger partial charge >= 0.3 is 0 Å². The zero-order chi connectivity index (χ0) is 18.6. The maximum atomic E-state index is 9.49. The minimum Gasteiger partial charge on any atom is -0.508 e. The molecule has 2 aromatic carbocycles. The van der Waals surface area contributed by atoms with Crippen molar-refractivity contribution in [3.05, 3.63) is 42.5 Å². The molecule has 0 bridgehead atoms. The molecule has 3 N–H and O–H groups in total. The van der Waals surface area contributed by atoms with Gasteiger partial charge in [-0.25, -0.2) is 4.98 Å². The van der Waals surface area contributed by atoms with E-state index in [1.807, 2.05) is 30.3 Å². The molecule has 1 aromatic heterocycles. The zero-order valence-corrected chi connectivity index (χ0v) is 15.0. The van der Waals surface area contributed by atoms with Crippen molar-refractivity contribution in [3.63, 3.8) is 0 Å². The fourth-order valence-electron chi connectivity index (χ4n) is 3.16. The first-order valence-corrected chi connectivity index (χ1v) is 8.98. The molecule has 0 spiro atoms. The third kappa shape index (κ3) is 4.10. The van der Waals surface area contributed by atoms with Gasteiger partial charge in [-0.2, -0.15) is 4.98 Å². The number of hydrogen-bond acceptors (Lipinski definition) is 7. The quantitative estimate of drug-likeness (QED) is 0.715. The van der Waals surface area contributed by atoms with Crippen molar-refractivity contribution in [1.29, 1.82) is 0 Å². The molecule has 0 unspecified atom stereocenters. The van der Waals surface area contributed by atoms with Crippen LogP contribution in [0.2, 0.25) is 0 Å². The van der Waals surface area contributed by atoms with Crippen molar-refractivity contribution in [1.82, 2.24) is 14.9 Å². The Morgan fingerprint density at radius 2 is 1.78 bits per heavy atom. The molecule has 1 aliphatic rings. The predicted molar refractivity (Wildman–Crippen MR) is 104 cm³/mol. The van der Waals surface area contributed by atoms with Gasteiger partial charge in [-0.3, -0.25) is 4.90 Å². The number of nitrogens with two attached hydrogens (primary N) is 1. The summed E-state index contributed by atoms with van der Waals surface area (Å²) in [4.78, 5) is 10.9. The Morgan fingerprint density at radius 3 is 2.56 bits per heavy atom. The topological polar surface area (TPSA) is 93.7 Å². The molecule has 2 heterocycles. The molecule has 3 aromatic rings. The number of benzene rings is 2. The average molecular weight is 366 g/mol. The second-order valence-corrected chi connectivity index (χ2v) is 6.47. The van der Waals surface area contributed by atoms with Crippen LogP contribution in [0.15, 0.2) is 42.5 Å². The van der Waals surface area contributed by atoms with E-state index in [0.29, 0.717) is 12.5 Å². The fraction of sp³-hybridized carbons (Fsp3) is 0.300. The molecule has 1 aliphatic heterocycles. The summed E-state index contributed by atoms with van der Waals surface area (Å²) in [6, 6.07) is 12.9. The van der Waals surface area contributed by atoms with Gasteiger partial charge in [-0.15, -0.1) is 0 Å². The van der Waals surface area contributed by atoms with E-state index in [1.54, 1.807) is 12.1 Å². The van der Waals surface area contributed by atoms with E-state index in [2.05, 4.69) is 14.9 Å². The summed E-state index contributed by atoms with van der Waals surface area (Å²) in [5, 5.41) is 10.3. The molecule has 1 saturated heterocycles. The Kier molecular flexibility index (Phi) is 5.04. The minimum atomic E-state index is 0.196. The molecule has 140 valence electrons. The standard InChI is InChI=1S/C20H22N4O3/c21-20-22-18-6-3-15(14-1-4-16(25)5-2-14)13-17(18)19(23-20)27-12-9-24-7-10-26-11-8-24/h1-6,13,25H,7-12H2,(H2,21,22,23). The Morgan fingerprint density at radius 1 is 1.04 bits per heavy atom. The number of nitrogen functional groups attached to an aromatic ring is 1. The summed E-state index contributed by atoms with van der Waals surface area (Å²) in [6.45, 7) is 4.70. The number of anilines is 1. The van der Waals surface area contributed by atoms with Gasteiger partial charge in [0.05, 0.1) is 24.1 Å². The van der Waals surface area contributed by atoms with Crippen molar-refractivity contribution in [2.75, 3.05) is 45.2 Å². The monoisotopic (exact) mass is 366 g/mol. The van der Waals surface area contributed by atoms with E-state index in [0.717, 1.165) is 54.9 Å². The van der Waals surface area contributed by atoms with Crippen LogP contribution < -0.4 is 10.5 Å². The maximum Gasteiger partial charge on any atom is 0.226 e. The highest BCUT2D eigenvalue weighted by Gasteiger charge is 2.13. The van der Waals surface area contributed by atoms with E-state index in [-0.39, 0.29) is 11.7 Å². The van der Waals surface area contributed by atoms with Crippen LogP contribution in [0.25, 0.3) is 22.0 Å². The number of aromatic nitrogens is 2. The molecule has 0 radical (unpaired) electrons.